The summed E-state index contributed by atoms with van der Waals surface area (Å²) in [6.45, 7) is 3.31. The van der Waals surface area contributed by atoms with Crippen molar-refractivity contribution in [1.29, 1.82) is 0 Å². The minimum Gasteiger partial charge on any atom is -0.368 e. The molecule has 20 heavy (non-hydrogen) atoms. The van der Waals surface area contributed by atoms with Gasteiger partial charge < -0.3 is 10.3 Å². The van der Waals surface area contributed by atoms with E-state index in [1.807, 2.05) is 0 Å². The molecule has 7 heteroatoms. The molecule has 2 rings (SSSR count). The smallest absolute Gasteiger partial charge is 0.243 e. The molecule has 1 heterocycles. The zero-order valence-electron chi connectivity index (χ0n) is 11.1. The number of alkyl halides is 1. The molecular formula is C13H14Cl2FN3O. The fourth-order valence-corrected chi connectivity index (χ4v) is 2.44. The Labute approximate surface area is 125 Å². The number of rotatable bonds is 4. The van der Waals surface area contributed by atoms with Gasteiger partial charge in [0.25, 0.3) is 0 Å². The van der Waals surface area contributed by atoms with Crippen LogP contribution in [0.5, 0.6) is 0 Å². The lowest BCUT2D eigenvalue weighted by Crippen LogP contribution is -2.42. The van der Waals surface area contributed by atoms with E-state index in [1.54, 1.807) is 18.4 Å². The zero-order chi connectivity index (χ0) is 15.1. The van der Waals surface area contributed by atoms with Crippen molar-refractivity contribution in [2.75, 3.05) is 5.88 Å². The van der Waals surface area contributed by atoms with E-state index < -0.39 is 17.3 Å². The van der Waals surface area contributed by atoms with E-state index in [2.05, 4.69) is 4.98 Å². The standard InChI is InChI=1S/C13H14Cl2FN3O/c1-13(2,12(17)20)19-10-6-8(16)7(15)5-9(10)18-11(19)3-4-14/h5-6H,3-4H2,1-2H3,(H2,17,20). The van der Waals surface area contributed by atoms with Crippen molar-refractivity contribution < 1.29 is 9.18 Å². The van der Waals surface area contributed by atoms with Gasteiger partial charge in [-0.1, -0.05) is 11.6 Å². The van der Waals surface area contributed by atoms with E-state index in [0.29, 0.717) is 29.2 Å². The number of carbonyl (C=O) groups is 1. The van der Waals surface area contributed by atoms with Gasteiger partial charge in [0.2, 0.25) is 5.91 Å². The quantitative estimate of drug-likeness (QED) is 0.881. The van der Waals surface area contributed by atoms with E-state index in [4.69, 9.17) is 28.9 Å². The predicted octanol–water partition coefficient (Wildman–Crippen LogP) is 2.83. The predicted molar refractivity (Wildman–Crippen MR) is 77.6 cm³/mol. The van der Waals surface area contributed by atoms with Crippen LogP contribution in [-0.4, -0.2) is 21.3 Å². The van der Waals surface area contributed by atoms with E-state index in [9.17, 15) is 9.18 Å². The maximum Gasteiger partial charge on any atom is 0.243 e. The molecule has 0 unspecified atom stereocenters. The van der Waals surface area contributed by atoms with Crippen molar-refractivity contribution in [2.24, 2.45) is 5.73 Å². The Kier molecular flexibility index (Phi) is 3.93. The second kappa shape index (κ2) is 5.22. The lowest BCUT2D eigenvalue weighted by molar-refractivity contribution is -0.125. The first kappa shape index (κ1) is 15.1. The first-order valence-electron chi connectivity index (χ1n) is 6.01. The van der Waals surface area contributed by atoms with Gasteiger partial charge >= 0.3 is 0 Å². The molecule has 2 N–H and O–H groups in total. The maximum absolute atomic E-state index is 13.7. The fraction of sp³-hybridized carbons (Fsp3) is 0.385. The molecule has 0 bridgehead atoms. The molecule has 4 nitrogen and oxygen atoms in total. The Bertz CT molecular complexity index is 682. The summed E-state index contributed by atoms with van der Waals surface area (Å²) >= 11 is 11.5. The number of nitrogens with two attached hydrogens (primary N) is 1. The number of hydrogen-bond donors (Lipinski definition) is 1. The number of primary amides is 1. The van der Waals surface area contributed by atoms with Crippen LogP contribution in [0.25, 0.3) is 11.0 Å². The maximum atomic E-state index is 13.7. The molecule has 1 aromatic heterocycles. The van der Waals surface area contributed by atoms with Crippen LogP contribution in [-0.2, 0) is 16.8 Å². The second-order valence-corrected chi connectivity index (χ2v) is 5.77. The second-order valence-electron chi connectivity index (χ2n) is 4.98. The topological polar surface area (TPSA) is 60.9 Å². The van der Waals surface area contributed by atoms with E-state index in [1.165, 1.54) is 12.1 Å². The van der Waals surface area contributed by atoms with Gasteiger partial charge in [-0.25, -0.2) is 9.37 Å². The largest absolute Gasteiger partial charge is 0.368 e. The Hall–Kier alpha value is -1.33. The summed E-state index contributed by atoms with van der Waals surface area (Å²) in [6.07, 6.45) is 0.437. The minimum absolute atomic E-state index is 0.0172. The van der Waals surface area contributed by atoms with Crippen LogP contribution in [0.3, 0.4) is 0 Å². The molecule has 0 aliphatic rings. The molecule has 0 fully saturated rings. The first-order valence-corrected chi connectivity index (χ1v) is 6.93. The molecular weight excluding hydrogens is 304 g/mol. The van der Waals surface area contributed by atoms with Gasteiger partial charge in [-0.15, -0.1) is 11.6 Å². The zero-order valence-corrected chi connectivity index (χ0v) is 12.6. The van der Waals surface area contributed by atoms with Crippen LogP contribution in [0.4, 0.5) is 4.39 Å². The minimum atomic E-state index is -1.05. The highest BCUT2D eigenvalue weighted by Gasteiger charge is 2.31. The average molecular weight is 318 g/mol. The summed E-state index contributed by atoms with van der Waals surface area (Å²) in [5.41, 5.74) is 5.37. The molecule has 0 radical (unpaired) electrons. The van der Waals surface area contributed by atoms with Crippen LogP contribution in [0.2, 0.25) is 5.02 Å². The SMILES string of the molecule is CC(C)(C(N)=O)n1c(CCCl)nc2cc(Cl)c(F)cc21. The molecule has 0 saturated carbocycles. The number of benzene rings is 1. The van der Waals surface area contributed by atoms with Gasteiger partial charge in [0, 0.05) is 18.4 Å². The molecule has 2 aromatic rings. The molecule has 0 saturated heterocycles. The van der Waals surface area contributed by atoms with Crippen molar-refractivity contribution in [3.63, 3.8) is 0 Å². The molecule has 0 atom stereocenters. The van der Waals surface area contributed by atoms with Gasteiger partial charge in [-0.3, -0.25) is 4.79 Å². The highest BCUT2D eigenvalue weighted by molar-refractivity contribution is 6.31. The Balaban J connectivity index is 2.81. The van der Waals surface area contributed by atoms with E-state index in [-0.39, 0.29) is 5.02 Å². The van der Waals surface area contributed by atoms with Crippen molar-refractivity contribution in [3.8, 4) is 0 Å². The number of halogens is 3. The summed E-state index contributed by atoms with van der Waals surface area (Å²) in [5, 5.41) is -0.0172. The summed E-state index contributed by atoms with van der Waals surface area (Å²) in [5.74, 6) is -0.213. The van der Waals surface area contributed by atoms with Gasteiger partial charge in [0.1, 0.15) is 17.2 Å². The number of amides is 1. The summed E-state index contributed by atoms with van der Waals surface area (Å²) < 4.78 is 15.3. The summed E-state index contributed by atoms with van der Waals surface area (Å²) in [7, 11) is 0. The van der Waals surface area contributed by atoms with E-state index >= 15 is 0 Å². The molecule has 0 aliphatic carbocycles. The van der Waals surface area contributed by atoms with Crippen molar-refractivity contribution in [2.45, 2.75) is 25.8 Å². The number of fused-ring (bicyclic) bond motifs is 1. The number of aromatic nitrogens is 2. The normalized spacial score (nSPS) is 12.1. The van der Waals surface area contributed by atoms with Gasteiger partial charge in [-0.2, -0.15) is 0 Å². The van der Waals surface area contributed by atoms with Crippen LogP contribution in [0.15, 0.2) is 12.1 Å². The molecule has 108 valence electrons. The third-order valence-electron chi connectivity index (χ3n) is 3.25. The van der Waals surface area contributed by atoms with Crippen molar-refractivity contribution in [1.82, 2.24) is 9.55 Å². The lowest BCUT2D eigenvalue weighted by Gasteiger charge is -2.25. The highest BCUT2D eigenvalue weighted by Crippen LogP contribution is 2.29. The monoisotopic (exact) mass is 317 g/mol. The van der Waals surface area contributed by atoms with Crippen molar-refractivity contribution in [3.05, 3.63) is 28.8 Å². The fourth-order valence-electron chi connectivity index (χ4n) is 2.11. The number of nitrogens with zero attached hydrogens (tertiary/aromatic N) is 2. The van der Waals surface area contributed by atoms with E-state index in [0.717, 1.165) is 0 Å². The Morgan fingerprint density at radius 3 is 2.70 bits per heavy atom. The molecule has 1 amide bonds. The molecule has 0 spiro atoms. The van der Waals surface area contributed by atoms with Crippen LogP contribution >= 0.6 is 23.2 Å². The Morgan fingerprint density at radius 2 is 2.15 bits per heavy atom. The van der Waals surface area contributed by atoms with Crippen LogP contribution in [0, 0.1) is 5.82 Å². The van der Waals surface area contributed by atoms with Gasteiger partial charge in [0.15, 0.2) is 0 Å². The molecule has 1 aromatic carbocycles. The summed E-state index contributed by atoms with van der Waals surface area (Å²) in [4.78, 5) is 16.1. The van der Waals surface area contributed by atoms with Gasteiger partial charge in [-0.05, 0) is 19.9 Å². The molecule has 0 aliphatic heterocycles. The van der Waals surface area contributed by atoms with Crippen LogP contribution in [0.1, 0.15) is 19.7 Å². The number of carbonyl (C=O) groups excluding carboxylic acids is 1. The third-order valence-corrected chi connectivity index (χ3v) is 3.72. The highest BCUT2D eigenvalue weighted by atomic mass is 35.5. The first-order chi connectivity index (χ1) is 9.28. The number of imidazole rings is 1. The number of aryl methyl sites for hydroxylation is 1. The lowest BCUT2D eigenvalue weighted by atomic mass is 10.0. The van der Waals surface area contributed by atoms with Crippen LogP contribution < -0.4 is 5.73 Å². The van der Waals surface area contributed by atoms with Crippen molar-refractivity contribution >= 4 is 40.1 Å². The third kappa shape index (κ3) is 2.36. The Morgan fingerprint density at radius 1 is 1.50 bits per heavy atom. The van der Waals surface area contributed by atoms with Gasteiger partial charge in [0.05, 0.1) is 16.1 Å². The number of hydrogen-bond acceptors (Lipinski definition) is 2. The summed E-state index contributed by atoms with van der Waals surface area (Å²) in [6, 6.07) is 2.69. The average Bonchev–Trinajstić information content (AvgIpc) is 2.68.